The number of aliphatic hydroxyl groups is 4. The molecule has 0 aromatic heterocycles. The van der Waals surface area contributed by atoms with E-state index in [1.54, 1.807) is 12.1 Å². The molecule has 1 aliphatic rings. The van der Waals surface area contributed by atoms with Crippen LogP contribution in [0.1, 0.15) is 25.3 Å². The van der Waals surface area contributed by atoms with Crippen LogP contribution in [0.4, 0.5) is 0 Å². The molecule has 1 aromatic rings. The van der Waals surface area contributed by atoms with Crippen LogP contribution in [-0.2, 0) is 4.74 Å². The first-order valence-electron chi connectivity index (χ1n) is 7.01. The van der Waals surface area contributed by atoms with Gasteiger partial charge in [0.1, 0.15) is 30.2 Å². The molecule has 1 saturated heterocycles. The van der Waals surface area contributed by atoms with Crippen LogP contribution in [0, 0.1) is 0 Å². The molecule has 6 nitrogen and oxygen atoms in total. The van der Waals surface area contributed by atoms with Gasteiger partial charge in [0.2, 0.25) is 6.29 Å². The second-order valence-corrected chi connectivity index (χ2v) is 5.54. The van der Waals surface area contributed by atoms with E-state index in [1.165, 1.54) is 0 Å². The highest BCUT2D eigenvalue weighted by Crippen LogP contribution is 2.25. The third kappa shape index (κ3) is 3.53. The smallest absolute Gasteiger partial charge is 0.229 e. The van der Waals surface area contributed by atoms with Crippen LogP contribution in [-0.4, -0.2) is 57.7 Å². The predicted octanol–water partition coefficient (Wildman–Crippen LogP) is -0.0113. The summed E-state index contributed by atoms with van der Waals surface area (Å²) in [5.41, 5.74) is 1.15. The van der Waals surface area contributed by atoms with Crippen LogP contribution in [0.5, 0.6) is 5.75 Å². The molecule has 118 valence electrons. The van der Waals surface area contributed by atoms with Gasteiger partial charge in [0.15, 0.2) is 0 Å². The van der Waals surface area contributed by atoms with Gasteiger partial charge in [-0.3, -0.25) is 0 Å². The molecular weight excluding hydrogens is 276 g/mol. The molecule has 5 atom stereocenters. The van der Waals surface area contributed by atoms with Crippen molar-refractivity contribution < 1.29 is 29.9 Å². The van der Waals surface area contributed by atoms with E-state index >= 15 is 0 Å². The van der Waals surface area contributed by atoms with Crippen molar-refractivity contribution >= 4 is 0 Å². The van der Waals surface area contributed by atoms with Crippen molar-refractivity contribution in [2.75, 3.05) is 6.61 Å². The SMILES string of the molecule is CC(C)c1ccc(O[C@H]2OC(CO)[C@@H](O)[C@H](O)C2O)cc1. The van der Waals surface area contributed by atoms with Crippen molar-refractivity contribution in [3.8, 4) is 5.75 Å². The summed E-state index contributed by atoms with van der Waals surface area (Å²) in [6, 6.07) is 7.31. The molecule has 4 N–H and O–H groups in total. The molecule has 1 aromatic carbocycles. The van der Waals surface area contributed by atoms with Gasteiger partial charge >= 0.3 is 0 Å². The van der Waals surface area contributed by atoms with Gasteiger partial charge in [-0.1, -0.05) is 26.0 Å². The zero-order chi connectivity index (χ0) is 15.6. The van der Waals surface area contributed by atoms with Crippen LogP contribution < -0.4 is 4.74 Å². The Morgan fingerprint density at radius 1 is 1.05 bits per heavy atom. The molecular formula is C15H22O6. The van der Waals surface area contributed by atoms with E-state index in [2.05, 4.69) is 13.8 Å². The Bertz CT molecular complexity index is 444. The van der Waals surface area contributed by atoms with Crippen LogP contribution in [0.3, 0.4) is 0 Å². The Morgan fingerprint density at radius 2 is 1.67 bits per heavy atom. The average Bonchev–Trinajstić information content (AvgIpc) is 2.48. The van der Waals surface area contributed by atoms with Crippen molar-refractivity contribution in [3.05, 3.63) is 29.8 Å². The average molecular weight is 298 g/mol. The number of rotatable bonds is 4. The van der Waals surface area contributed by atoms with Crippen LogP contribution in [0.2, 0.25) is 0 Å². The van der Waals surface area contributed by atoms with Crippen LogP contribution in [0.25, 0.3) is 0 Å². The van der Waals surface area contributed by atoms with E-state index in [0.29, 0.717) is 11.7 Å². The Balaban J connectivity index is 2.07. The van der Waals surface area contributed by atoms with Gasteiger partial charge in [0, 0.05) is 0 Å². The monoisotopic (exact) mass is 298 g/mol. The topological polar surface area (TPSA) is 99.4 Å². The minimum Gasteiger partial charge on any atom is -0.462 e. The van der Waals surface area contributed by atoms with Crippen LogP contribution in [0.15, 0.2) is 24.3 Å². The molecule has 21 heavy (non-hydrogen) atoms. The number of hydrogen-bond acceptors (Lipinski definition) is 6. The summed E-state index contributed by atoms with van der Waals surface area (Å²) in [6.45, 7) is 3.68. The van der Waals surface area contributed by atoms with Crippen molar-refractivity contribution in [1.82, 2.24) is 0 Å². The summed E-state index contributed by atoms with van der Waals surface area (Å²) in [6.07, 6.45) is -6.33. The van der Waals surface area contributed by atoms with Crippen molar-refractivity contribution in [2.24, 2.45) is 0 Å². The molecule has 6 heteroatoms. The highest BCUT2D eigenvalue weighted by atomic mass is 16.7. The standard InChI is InChI=1S/C15H22O6/c1-8(2)9-3-5-10(6-4-9)20-15-14(19)13(18)12(17)11(7-16)21-15/h3-6,8,11-19H,7H2,1-2H3/t11?,12-,13+,14?,15+/m1/s1. The van der Waals surface area contributed by atoms with Gasteiger partial charge in [-0.2, -0.15) is 0 Å². The molecule has 0 bridgehead atoms. The Morgan fingerprint density at radius 3 is 2.19 bits per heavy atom. The summed E-state index contributed by atoms with van der Waals surface area (Å²) in [7, 11) is 0. The van der Waals surface area contributed by atoms with Crippen LogP contribution >= 0.6 is 0 Å². The van der Waals surface area contributed by atoms with E-state index in [4.69, 9.17) is 14.6 Å². The molecule has 1 fully saturated rings. The third-order valence-corrected chi connectivity index (χ3v) is 3.65. The lowest BCUT2D eigenvalue weighted by Crippen LogP contribution is -2.60. The number of aliphatic hydroxyl groups excluding tert-OH is 4. The summed E-state index contributed by atoms with van der Waals surface area (Å²) in [5.74, 6) is 0.870. The van der Waals surface area contributed by atoms with Gasteiger partial charge in [-0.05, 0) is 23.6 Å². The minimum absolute atomic E-state index is 0.395. The Hall–Kier alpha value is -1.18. The first-order chi connectivity index (χ1) is 9.93. The van der Waals surface area contributed by atoms with E-state index in [0.717, 1.165) is 5.56 Å². The van der Waals surface area contributed by atoms with Gasteiger partial charge < -0.3 is 29.9 Å². The minimum atomic E-state index is -1.43. The maximum absolute atomic E-state index is 9.88. The zero-order valence-electron chi connectivity index (χ0n) is 12.1. The van der Waals surface area contributed by atoms with E-state index < -0.39 is 37.3 Å². The highest BCUT2D eigenvalue weighted by molar-refractivity contribution is 5.29. The molecule has 0 amide bonds. The fourth-order valence-electron chi connectivity index (χ4n) is 2.23. The lowest BCUT2D eigenvalue weighted by molar-refractivity contribution is -0.277. The fourth-order valence-corrected chi connectivity index (χ4v) is 2.23. The van der Waals surface area contributed by atoms with Gasteiger partial charge in [0.25, 0.3) is 0 Å². The van der Waals surface area contributed by atoms with E-state index in [1.807, 2.05) is 12.1 Å². The largest absolute Gasteiger partial charge is 0.462 e. The zero-order valence-corrected chi connectivity index (χ0v) is 12.1. The predicted molar refractivity (Wildman–Crippen MR) is 74.9 cm³/mol. The van der Waals surface area contributed by atoms with Gasteiger partial charge in [-0.15, -0.1) is 0 Å². The normalized spacial score (nSPS) is 33.2. The molecule has 2 unspecified atom stereocenters. The third-order valence-electron chi connectivity index (χ3n) is 3.65. The van der Waals surface area contributed by atoms with E-state index in [9.17, 15) is 15.3 Å². The van der Waals surface area contributed by atoms with Gasteiger partial charge in [0.05, 0.1) is 6.61 Å². The molecule has 0 aliphatic carbocycles. The maximum atomic E-state index is 9.88. The Kier molecular flexibility index (Phi) is 5.18. The van der Waals surface area contributed by atoms with Gasteiger partial charge in [-0.25, -0.2) is 0 Å². The molecule has 0 saturated carbocycles. The van der Waals surface area contributed by atoms with E-state index in [-0.39, 0.29) is 0 Å². The second kappa shape index (κ2) is 6.72. The number of ether oxygens (including phenoxy) is 2. The lowest BCUT2D eigenvalue weighted by Gasteiger charge is -2.39. The summed E-state index contributed by atoms with van der Waals surface area (Å²) < 4.78 is 10.8. The summed E-state index contributed by atoms with van der Waals surface area (Å²) in [5, 5.41) is 38.4. The summed E-state index contributed by atoms with van der Waals surface area (Å²) >= 11 is 0. The summed E-state index contributed by atoms with van der Waals surface area (Å²) in [4.78, 5) is 0. The first kappa shape index (κ1) is 16.2. The molecule has 0 radical (unpaired) electrons. The maximum Gasteiger partial charge on any atom is 0.229 e. The molecule has 0 spiro atoms. The highest BCUT2D eigenvalue weighted by Gasteiger charge is 2.44. The first-order valence-corrected chi connectivity index (χ1v) is 7.01. The number of benzene rings is 1. The lowest BCUT2D eigenvalue weighted by atomic mass is 9.99. The van der Waals surface area contributed by atoms with Crippen molar-refractivity contribution in [2.45, 2.75) is 50.5 Å². The quantitative estimate of drug-likeness (QED) is 0.624. The van der Waals surface area contributed by atoms with Crippen molar-refractivity contribution in [3.63, 3.8) is 0 Å². The Labute approximate surface area is 123 Å². The van der Waals surface area contributed by atoms with Crippen molar-refractivity contribution in [1.29, 1.82) is 0 Å². The second-order valence-electron chi connectivity index (χ2n) is 5.54. The molecule has 1 heterocycles. The number of hydrogen-bond donors (Lipinski definition) is 4. The fraction of sp³-hybridized carbons (Fsp3) is 0.600. The molecule has 2 rings (SSSR count). The molecule has 1 aliphatic heterocycles.